The van der Waals surface area contributed by atoms with Crippen molar-refractivity contribution in [3.05, 3.63) is 102 Å². The third-order valence-electron chi connectivity index (χ3n) is 6.14. The molecule has 2 heterocycles. The van der Waals surface area contributed by atoms with Crippen LogP contribution in [-0.4, -0.2) is 12.6 Å². The Morgan fingerprint density at radius 2 is 1.89 bits per heavy atom. The molecule has 0 aliphatic carbocycles. The van der Waals surface area contributed by atoms with E-state index in [-0.39, 0.29) is 19.0 Å². The number of carbonyl (C=O) groups is 1. The Bertz CT molecular complexity index is 1600. The summed E-state index contributed by atoms with van der Waals surface area (Å²) in [4.78, 5) is 12.1. The third kappa shape index (κ3) is 4.98. The van der Waals surface area contributed by atoms with E-state index in [4.69, 9.17) is 18.3 Å². The predicted octanol–water partition coefficient (Wildman–Crippen LogP) is 7.22. The van der Waals surface area contributed by atoms with Crippen molar-refractivity contribution in [3.63, 3.8) is 0 Å². The molecule has 5 rings (SSSR count). The number of furan rings is 2. The van der Waals surface area contributed by atoms with Crippen molar-refractivity contribution in [1.29, 1.82) is 5.26 Å². The summed E-state index contributed by atoms with van der Waals surface area (Å²) in [5, 5.41) is 10.4. The van der Waals surface area contributed by atoms with Gasteiger partial charge in [0.2, 0.25) is 0 Å². The highest BCUT2D eigenvalue weighted by molar-refractivity contribution is 6.03. The van der Waals surface area contributed by atoms with Gasteiger partial charge in [0.15, 0.2) is 0 Å². The van der Waals surface area contributed by atoms with E-state index in [1.807, 2.05) is 61.5 Å². The maximum atomic E-state index is 12.1. The van der Waals surface area contributed by atoms with Gasteiger partial charge in [0.1, 0.15) is 23.7 Å². The van der Waals surface area contributed by atoms with E-state index >= 15 is 0 Å². The van der Waals surface area contributed by atoms with Gasteiger partial charge < -0.3 is 18.3 Å². The van der Waals surface area contributed by atoms with E-state index in [0.717, 1.165) is 50.1 Å². The van der Waals surface area contributed by atoms with Crippen molar-refractivity contribution < 1.29 is 23.1 Å². The number of nitriles is 1. The zero-order chi connectivity index (χ0) is 25.8. The van der Waals surface area contributed by atoms with Crippen molar-refractivity contribution in [2.75, 3.05) is 6.61 Å². The third-order valence-corrected chi connectivity index (χ3v) is 6.14. The van der Waals surface area contributed by atoms with Gasteiger partial charge in [-0.1, -0.05) is 30.3 Å². The van der Waals surface area contributed by atoms with Crippen LogP contribution < -0.4 is 4.74 Å². The van der Waals surface area contributed by atoms with Gasteiger partial charge in [-0.15, -0.1) is 0 Å². The molecule has 0 atom stereocenters. The van der Waals surface area contributed by atoms with Crippen LogP contribution in [0.1, 0.15) is 29.4 Å². The summed E-state index contributed by atoms with van der Waals surface area (Å²) in [6, 6.07) is 23.1. The normalized spacial score (nSPS) is 10.8. The highest BCUT2D eigenvalue weighted by Crippen LogP contribution is 2.40. The molecule has 0 radical (unpaired) electrons. The lowest BCUT2D eigenvalue weighted by atomic mass is 9.96. The maximum absolute atomic E-state index is 12.1. The molecule has 5 aromatic rings. The number of nitrogens with zero attached hydrogens (tertiary/aromatic N) is 1. The van der Waals surface area contributed by atoms with Gasteiger partial charge in [-0.05, 0) is 61.4 Å². The number of ether oxygens (including phenoxy) is 2. The lowest BCUT2D eigenvalue weighted by Crippen LogP contribution is -2.09. The first-order valence-corrected chi connectivity index (χ1v) is 12.0. The SMILES string of the molecule is CCOC(=O)Cc1ccccc1OCc1cc(-c2cccc(C#N)c2)c2oc(C)c(-c3ccoc3)c2c1. The van der Waals surface area contributed by atoms with Gasteiger partial charge in [-0.2, -0.15) is 5.26 Å². The van der Waals surface area contributed by atoms with Crippen LogP contribution in [0.5, 0.6) is 5.75 Å². The molecule has 184 valence electrons. The van der Waals surface area contributed by atoms with Crippen molar-refractivity contribution >= 4 is 16.9 Å². The number of esters is 1. The lowest BCUT2D eigenvalue weighted by molar-refractivity contribution is -0.142. The number of benzene rings is 3. The van der Waals surface area contributed by atoms with Crippen molar-refractivity contribution in [1.82, 2.24) is 0 Å². The lowest BCUT2D eigenvalue weighted by Gasteiger charge is -2.13. The molecule has 6 nitrogen and oxygen atoms in total. The second kappa shape index (κ2) is 10.5. The first-order chi connectivity index (χ1) is 18.1. The molecule has 0 amide bonds. The van der Waals surface area contributed by atoms with Crippen LogP contribution >= 0.6 is 0 Å². The minimum atomic E-state index is -0.293. The van der Waals surface area contributed by atoms with Crippen molar-refractivity contribution in [2.45, 2.75) is 26.9 Å². The topological polar surface area (TPSA) is 85.6 Å². The molecule has 0 unspecified atom stereocenters. The number of rotatable bonds is 8. The minimum absolute atomic E-state index is 0.140. The van der Waals surface area contributed by atoms with Crippen LogP contribution in [0, 0.1) is 18.3 Å². The molecular weight excluding hydrogens is 466 g/mol. The van der Waals surface area contributed by atoms with E-state index in [1.54, 1.807) is 25.5 Å². The van der Waals surface area contributed by atoms with Gasteiger partial charge in [0, 0.05) is 27.6 Å². The summed E-state index contributed by atoms with van der Waals surface area (Å²) in [7, 11) is 0. The number of hydrogen-bond acceptors (Lipinski definition) is 6. The highest BCUT2D eigenvalue weighted by atomic mass is 16.5. The first-order valence-electron chi connectivity index (χ1n) is 12.0. The maximum Gasteiger partial charge on any atom is 0.310 e. The summed E-state index contributed by atoms with van der Waals surface area (Å²) >= 11 is 0. The Labute approximate surface area is 214 Å². The van der Waals surface area contributed by atoms with Crippen LogP contribution in [0.2, 0.25) is 0 Å². The van der Waals surface area contributed by atoms with Gasteiger partial charge in [0.05, 0.1) is 37.2 Å². The molecule has 2 aromatic heterocycles. The molecule has 37 heavy (non-hydrogen) atoms. The van der Waals surface area contributed by atoms with E-state index in [9.17, 15) is 10.1 Å². The molecule has 0 aliphatic rings. The predicted molar refractivity (Wildman–Crippen MR) is 140 cm³/mol. The highest BCUT2D eigenvalue weighted by Gasteiger charge is 2.19. The number of fused-ring (bicyclic) bond motifs is 1. The van der Waals surface area contributed by atoms with Crippen LogP contribution in [0.15, 0.2) is 88.1 Å². The molecule has 0 saturated carbocycles. The van der Waals surface area contributed by atoms with E-state index < -0.39 is 0 Å². The number of hydrogen-bond donors (Lipinski definition) is 0. The quantitative estimate of drug-likeness (QED) is 0.213. The van der Waals surface area contributed by atoms with E-state index in [2.05, 4.69) is 12.1 Å². The molecule has 3 aromatic carbocycles. The molecule has 0 spiro atoms. The summed E-state index contributed by atoms with van der Waals surface area (Å²) in [6.45, 7) is 4.33. The molecule has 0 aliphatic heterocycles. The molecular formula is C31H25NO5. The monoisotopic (exact) mass is 491 g/mol. The second-order valence-corrected chi connectivity index (χ2v) is 8.64. The average Bonchev–Trinajstić information content (AvgIpc) is 3.55. The van der Waals surface area contributed by atoms with Crippen molar-refractivity contribution in [3.8, 4) is 34.1 Å². The molecule has 0 N–H and O–H groups in total. The van der Waals surface area contributed by atoms with Gasteiger partial charge >= 0.3 is 5.97 Å². The summed E-state index contributed by atoms with van der Waals surface area (Å²) in [6.07, 6.45) is 3.47. The second-order valence-electron chi connectivity index (χ2n) is 8.64. The van der Waals surface area contributed by atoms with Gasteiger partial charge in [-0.25, -0.2) is 0 Å². The molecule has 6 heteroatoms. The van der Waals surface area contributed by atoms with E-state index in [1.165, 1.54) is 0 Å². The largest absolute Gasteiger partial charge is 0.489 e. The molecule has 0 fully saturated rings. The standard InChI is InChI=1S/C31H25NO5/c1-3-35-29(33)16-24-8-4-5-10-28(24)36-18-22-14-26(23-9-6-7-21(13-23)17-32)31-27(15-22)30(20(2)37-31)25-11-12-34-19-25/h4-15,19H,3,16,18H2,1-2H3. The summed E-state index contributed by atoms with van der Waals surface area (Å²) in [5.41, 5.74) is 6.60. The van der Waals surface area contributed by atoms with Crippen molar-refractivity contribution in [2.24, 2.45) is 0 Å². The number of para-hydroxylation sites is 1. The fraction of sp³-hybridized carbons (Fsp3) is 0.161. The average molecular weight is 492 g/mol. The van der Waals surface area contributed by atoms with Gasteiger partial charge in [0.25, 0.3) is 0 Å². The first kappa shape index (κ1) is 24.0. The smallest absolute Gasteiger partial charge is 0.310 e. The number of aryl methyl sites for hydroxylation is 1. The van der Waals surface area contributed by atoms with Crippen LogP contribution in [0.3, 0.4) is 0 Å². The Hall–Kier alpha value is -4.76. The zero-order valence-electron chi connectivity index (χ0n) is 20.6. The van der Waals surface area contributed by atoms with E-state index in [0.29, 0.717) is 17.9 Å². The Balaban J connectivity index is 1.57. The fourth-order valence-corrected chi connectivity index (χ4v) is 4.52. The zero-order valence-corrected chi connectivity index (χ0v) is 20.6. The van der Waals surface area contributed by atoms with Crippen LogP contribution in [-0.2, 0) is 22.6 Å². The van der Waals surface area contributed by atoms with Crippen LogP contribution in [0.25, 0.3) is 33.2 Å². The molecule has 0 saturated heterocycles. The Morgan fingerprint density at radius 1 is 1.03 bits per heavy atom. The number of carbonyl (C=O) groups excluding carboxylic acids is 1. The minimum Gasteiger partial charge on any atom is -0.489 e. The Kier molecular flexibility index (Phi) is 6.78. The van der Waals surface area contributed by atoms with Gasteiger partial charge in [-0.3, -0.25) is 4.79 Å². The Morgan fingerprint density at radius 3 is 2.68 bits per heavy atom. The summed E-state index contributed by atoms with van der Waals surface area (Å²) in [5.74, 6) is 1.10. The molecule has 0 bridgehead atoms. The summed E-state index contributed by atoms with van der Waals surface area (Å²) < 4.78 is 22.9. The van der Waals surface area contributed by atoms with Crippen LogP contribution in [0.4, 0.5) is 0 Å². The fourth-order valence-electron chi connectivity index (χ4n) is 4.52.